The monoisotopic (exact) mass is 365 g/mol. The molecule has 3 aromatic rings. The third kappa shape index (κ3) is 4.28. The smallest absolute Gasteiger partial charge is 0.254 e. The average Bonchev–Trinajstić information content (AvgIpc) is 3.07. The van der Waals surface area contributed by atoms with Crippen molar-refractivity contribution in [2.45, 2.75) is 13.8 Å². The van der Waals surface area contributed by atoms with Gasteiger partial charge in [-0.25, -0.2) is 4.68 Å². The van der Waals surface area contributed by atoms with Crippen molar-refractivity contribution in [1.29, 1.82) is 0 Å². The molecule has 140 valence electrons. The number of aromatic nitrogens is 2. The van der Waals surface area contributed by atoms with Gasteiger partial charge in [-0.1, -0.05) is 18.2 Å². The second-order valence-electron chi connectivity index (χ2n) is 6.12. The number of carbonyl (C=O) groups is 1. The summed E-state index contributed by atoms with van der Waals surface area (Å²) < 4.78 is 12.5. The number of nitrogens with one attached hydrogen (secondary N) is 1. The fourth-order valence-electron chi connectivity index (χ4n) is 2.78. The van der Waals surface area contributed by atoms with E-state index in [1.807, 2.05) is 62.4 Å². The van der Waals surface area contributed by atoms with Crippen molar-refractivity contribution in [1.82, 2.24) is 15.1 Å². The van der Waals surface area contributed by atoms with Crippen LogP contribution in [0.1, 0.15) is 21.6 Å². The first-order chi connectivity index (χ1) is 13.1. The molecule has 0 aliphatic rings. The lowest BCUT2D eigenvalue weighted by Gasteiger charge is -2.09. The molecule has 1 N–H and O–H groups in total. The van der Waals surface area contributed by atoms with Crippen LogP contribution in [0.4, 0.5) is 0 Å². The van der Waals surface area contributed by atoms with E-state index in [4.69, 9.17) is 9.47 Å². The molecule has 27 heavy (non-hydrogen) atoms. The summed E-state index contributed by atoms with van der Waals surface area (Å²) in [6.07, 6.45) is 1.60. The van der Waals surface area contributed by atoms with Crippen LogP contribution >= 0.6 is 0 Å². The van der Waals surface area contributed by atoms with Gasteiger partial charge in [0.05, 0.1) is 36.8 Å². The van der Waals surface area contributed by atoms with E-state index in [1.54, 1.807) is 18.0 Å². The van der Waals surface area contributed by atoms with Gasteiger partial charge in [-0.2, -0.15) is 5.10 Å². The van der Waals surface area contributed by atoms with Crippen molar-refractivity contribution >= 4 is 5.91 Å². The van der Waals surface area contributed by atoms with E-state index in [9.17, 15) is 4.79 Å². The Labute approximate surface area is 158 Å². The summed E-state index contributed by atoms with van der Waals surface area (Å²) >= 11 is 0. The normalized spacial score (nSPS) is 10.5. The van der Waals surface area contributed by atoms with Gasteiger partial charge in [-0.15, -0.1) is 0 Å². The topological polar surface area (TPSA) is 65.4 Å². The number of rotatable bonds is 7. The number of para-hydroxylation sites is 1. The zero-order valence-electron chi connectivity index (χ0n) is 15.7. The zero-order valence-corrected chi connectivity index (χ0v) is 15.7. The first-order valence-corrected chi connectivity index (χ1v) is 8.76. The maximum Gasteiger partial charge on any atom is 0.254 e. The summed E-state index contributed by atoms with van der Waals surface area (Å²) in [5.41, 5.74) is 3.43. The second kappa shape index (κ2) is 8.40. The molecule has 2 aromatic carbocycles. The highest BCUT2D eigenvalue weighted by Gasteiger charge is 2.15. The summed E-state index contributed by atoms with van der Waals surface area (Å²) in [4.78, 5) is 12.5. The number of benzene rings is 2. The highest BCUT2D eigenvalue weighted by Crippen LogP contribution is 2.18. The summed E-state index contributed by atoms with van der Waals surface area (Å²) in [5.74, 6) is 1.34. The zero-order chi connectivity index (χ0) is 19.2. The van der Waals surface area contributed by atoms with Crippen LogP contribution in [-0.4, -0.2) is 35.9 Å². The molecule has 0 bridgehead atoms. The third-order valence-electron chi connectivity index (χ3n) is 4.31. The number of amides is 1. The minimum atomic E-state index is -0.161. The van der Waals surface area contributed by atoms with Crippen molar-refractivity contribution < 1.29 is 14.3 Å². The Bertz CT molecular complexity index is 917. The molecule has 6 nitrogen and oxygen atoms in total. The van der Waals surface area contributed by atoms with Crippen molar-refractivity contribution in [3.63, 3.8) is 0 Å². The number of carbonyl (C=O) groups excluding carboxylic acids is 1. The average molecular weight is 365 g/mol. The maximum atomic E-state index is 12.5. The summed E-state index contributed by atoms with van der Waals surface area (Å²) in [7, 11) is 1.62. The van der Waals surface area contributed by atoms with E-state index in [0.717, 1.165) is 28.4 Å². The van der Waals surface area contributed by atoms with Gasteiger partial charge in [0.1, 0.15) is 18.1 Å². The molecule has 0 saturated heterocycles. The number of hydrogen-bond donors (Lipinski definition) is 1. The molecule has 1 aromatic heterocycles. The molecule has 0 saturated carbocycles. The Hall–Kier alpha value is -3.28. The number of methoxy groups -OCH3 is 1. The highest BCUT2D eigenvalue weighted by molar-refractivity contribution is 5.95. The predicted molar refractivity (Wildman–Crippen MR) is 104 cm³/mol. The van der Waals surface area contributed by atoms with Crippen LogP contribution in [0.5, 0.6) is 11.5 Å². The molecule has 0 radical (unpaired) electrons. The number of hydrogen-bond acceptors (Lipinski definition) is 4. The van der Waals surface area contributed by atoms with Crippen molar-refractivity contribution in [3.8, 4) is 17.2 Å². The molecule has 1 amide bonds. The standard InChI is InChI=1S/C21H23N3O3/c1-15-6-4-5-7-20(15)24-16(2)19(14-23-24)21(25)22-12-13-27-18-10-8-17(26-3)9-11-18/h4-11,14H,12-13H2,1-3H3,(H,22,25). The van der Waals surface area contributed by atoms with E-state index >= 15 is 0 Å². The van der Waals surface area contributed by atoms with E-state index in [-0.39, 0.29) is 5.91 Å². The molecular formula is C21H23N3O3. The van der Waals surface area contributed by atoms with Gasteiger partial charge in [-0.05, 0) is 49.7 Å². The van der Waals surface area contributed by atoms with Gasteiger partial charge in [0, 0.05) is 0 Å². The summed E-state index contributed by atoms with van der Waals surface area (Å²) in [5, 5.41) is 7.24. The lowest BCUT2D eigenvalue weighted by Crippen LogP contribution is -2.28. The third-order valence-corrected chi connectivity index (χ3v) is 4.31. The molecule has 6 heteroatoms. The lowest BCUT2D eigenvalue weighted by atomic mass is 10.2. The Morgan fingerprint density at radius 2 is 1.78 bits per heavy atom. The Kier molecular flexibility index (Phi) is 5.76. The van der Waals surface area contributed by atoms with Gasteiger partial charge < -0.3 is 14.8 Å². The van der Waals surface area contributed by atoms with Crippen LogP contribution in [-0.2, 0) is 0 Å². The fourth-order valence-corrected chi connectivity index (χ4v) is 2.78. The predicted octanol–water partition coefficient (Wildman–Crippen LogP) is 3.31. The van der Waals surface area contributed by atoms with Crippen LogP contribution in [0.15, 0.2) is 54.7 Å². The molecule has 3 rings (SSSR count). The Balaban J connectivity index is 1.56. The summed E-state index contributed by atoms with van der Waals surface area (Å²) in [6, 6.07) is 15.3. The molecule has 0 atom stereocenters. The molecule has 0 unspecified atom stereocenters. The molecule has 0 aliphatic carbocycles. The van der Waals surface area contributed by atoms with E-state index < -0.39 is 0 Å². The highest BCUT2D eigenvalue weighted by atomic mass is 16.5. The van der Waals surface area contributed by atoms with Gasteiger partial charge >= 0.3 is 0 Å². The van der Waals surface area contributed by atoms with E-state index in [0.29, 0.717) is 18.7 Å². The Morgan fingerprint density at radius 3 is 2.48 bits per heavy atom. The van der Waals surface area contributed by atoms with Gasteiger partial charge in [0.25, 0.3) is 5.91 Å². The molecule has 0 spiro atoms. The molecule has 0 aliphatic heterocycles. The largest absolute Gasteiger partial charge is 0.497 e. The number of ether oxygens (including phenoxy) is 2. The van der Waals surface area contributed by atoms with Gasteiger partial charge in [0.15, 0.2) is 0 Å². The lowest BCUT2D eigenvalue weighted by molar-refractivity contribution is 0.0946. The fraction of sp³-hybridized carbons (Fsp3) is 0.238. The van der Waals surface area contributed by atoms with Crippen LogP contribution < -0.4 is 14.8 Å². The number of aryl methyl sites for hydroxylation is 1. The van der Waals surface area contributed by atoms with Crippen LogP contribution in [0.2, 0.25) is 0 Å². The van der Waals surface area contributed by atoms with Crippen LogP contribution in [0.25, 0.3) is 5.69 Å². The van der Waals surface area contributed by atoms with Crippen LogP contribution in [0.3, 0.4) is 0 Å². The second-order valence-corrected chi connectivity index (χ2v) is 6.12. The minimum absolute atomic E-state index is 0.161. The van der Waals surface area contributed by atoms with Crippen molar-refractivity contribution in [2.24, 2.45) is 0 Å². The minimum Gasteiger partial charge on any atom is -0.497 e. The first kappa shape index (κ1) is 18.5. The maximum absolute atomic E-state index is 12.5. The van der Waals surface area contributed by atoms with E-state index in [1.165, 1.54) is 0 Å². The molecular weight excluding hydrogens is 342 g/mol. The van der Waals surface area contributed by atoms with Gasteiger partial charge in [-0.3, -0.25) is 4.79 Å². The number of nitrogens with zero attached hydrogens (tertiary/aromatic N) is 2. The summed E-state index contributed by atoms with van der Waals surface area (Å²) in [6.45, 7) is 4.69. The van der Waals surface area contributed by atoms with Crippen molar-refractivity contribution in [3.05, 3.63) is 71.5 Å². The molecule has 1 heterocycles. The van der Waals surface area contributed by atoms with E-state index in [2.05, 4.69) is 10.4 Å². The quantitative estimate of drug-likeness (QED) is 0.653. The molecule has 0 fully saturated rings. The van der Waals surface area contributed by atoms with Crippen molar-refractivity contribution in [2.75, 3.05) is 20.3 Å². The van der Waals surface area contributed by atoms with Gasteiger partial charge in [0.2, 0.25) is 0 Å². The first-order valence-electron chi connectivity index (χ1n) is 8.76. The SMILES string of the molecule is COc1ccc(OCCNC(=O)c2cnn(-c3ccccc3C)c2C)cc1. The van der Waals surface area contributed by atoms with Crippen LogP contribution in [0, 0.1) is 13.8 Å². The Morgan fingerprint density at radius 1 is 1.07 bits per heavy atom.